The van der Waals surface area contributed by atoms with E-state index in [-0.39, 0.29) is 0 Å². The van der Waals surface area contributed by atoms with Crippen LogP contribution in [0.3, 0.4) is 0 Å². The maximum absolute atomic E-state index is 5.01. The molecule has 0 aliphatic heterocycles. The topological polar surface area (TPSA) is 51.6 Å². The standard InChI is InChI=1S/C52H38N4/c1-35-49(41-23-27-45(53-31-41)37-15-7-3-8-16-37)51(43-25-29-47(55-33-43)39-19-11-5-12-20-39)36(2)52(44-26-30-48(56-34-44)40-21-13-6-14-22-40)50(35)42-24-28-46(54-32-42)38-17-9-4-10-18-38/h3-34H,1-2H3. The molecule has 56 heavy (non-hydrogen) atoms. The van der Waals surface area contributed by atoms with E-state index in [1.807, 2.05) is 97.6 Å². The van der Waals surface area contributed by atoms with Gasteiger partial charge in [-0.2, -0.15) is 0 Å². The van der Waals surface area contributed by atoms with Crippen molar-refractivity contribution in [2.45, 2.75) is 13.8 Å². The van der Waals surface area contributed by atoms with Gasteiger partial charge in [-0.25, -0.2) is 0 Å². The first kappa shape index (κ1) is 34.5. The molecule has 0 bridgehead atoms. The molecule has 4 heteroatoms. The summed E-state index contributed by atoms with van der Waals surface area (Å²) in [7, 11) is 0. The summed E-state index contributed by atoms with van der Waals surface area (Å²) in [6.07, 6.45) is 8.04. The minimum absolute atomic E-state index is 0.932. The van der Waals surface area contributed by atoms with E-state index in [1.165, 1.54) is 0 Å². The summed E-state index contributed by atoms with van der Waals surface area (Å²) in [6, 6.07) is 58.5. The Hall–Kier alpha value is -7.30. The second-order valence-corrected chi connectivity index (χ2v) is 13.9. The molecule has 0 saturated heterocycles. The van der Waals surface area contributed by atoms with E-state index in [1.54, 1.807) is 0 Å². The van der Waals surface area contributed by atoms with E-state index in [0.29, 0.717) is 0 Å². The fraction of sp³-hybridized carbons (Fsp3) is 0.0385. The third-order valence-corrected chi connectivity index (χ3v) is 10.5. The molecule has 0 saturated carbocycles. The molecule has 0 amide bonds. The van der Waals surface area contributed by atoms with Crippen LogP contribution < -0.4 is 0 Å². The van der Waals surface area contributed by atoms with Crippen molar-refractivity contribution in [2.24, 2.45) is 0 Å². The quantitative estimate of drug-likeness (QED) is 0.157. The van der Waals surface area contributed by atoms with Gasteiger partial charge in [-0.15, -0.1) is 0 Å². The van der Waals surface area contributed by atoms with Gasteiger partial charge in [0.2, 0.25) is 0 Å². The van der Waals surface area contributed by atoms with E-state index < -0.39 is 0 Å². The molecule has 0 unspecified atom stereocenters. The molecule has 266 valence electrons. The Morgan fingerprint density at radius 1 is 0.232 bits per heavy atom. The molecule has 0 N–H and O–H groups in total. The summed E-state index contributed by atoms with van der Waals surface area (Å²) in [5.74, 6) is 0. The van der Waals surface area contributed by atoms with E-state index in [4.69, 9.17) is 19.9 Å². The van der Waals surface area contributed by atoms with Crippen molar-refractivity contribution in [1.82, 2.24) is 19.9 Å². The number of benzene rings is 5. The van der Waals surface area contributed by atoms with Crippen LogP contribution in [0.2, 0.25) is 0 Å². The fourth-order valence-electron chi connectivity index (χ4n) is 7.73. The lowest BCUT2D eigenvalue weighted by Crippen LogP contribution is -2.02. The first-order valence-electron chi connectivity index (χ1n) is 18.9. The Morgan fingerprint density at radius 3 is 0.625 bits per heavy atom. The third kappa shape index (κ3) is 6.69. The minimum Gasteiger partial charge on any atom is -0.256 e. The average molecular weight is 719 g/mol. The monoisotopic (exact) mass is 718 g/mol. The van der Waals surface area contributed by atoms with E-state index >= 15 is 0 Å². The average Bonchev–Trinajstić information content (AvgIpc) is 3.28. The number of hydrogen-bond acceptors (Lipinski definition) is 4. The highest BCUT2D eigenvalue weighted by molar-refractivity contribution is 6.01. The zero-order chi connectivity index (χ0) is 37.8. The van der Waals surface area contributed by atoms with Crippen LogP contribution in [0, 0.1) is 13.8 Å². The lowest BCUT2D eigenvalue weighted by Gasteiger charge is -2.25. The number of pyridine rings is 4. The maximum atomic E-state index is 5.01. The summed E-state index contributed by atoms with van der Waals surface area (Å²) >= 11 is 0. The highest BCUT2D eigenvalue weighted by atomic mass is 14.7. The van der Waals surface area contributed by atoms with Crippen molar-refractivity contribution in [1.29, 1.82) is 0 Å². The predicted molar refractivity (Wildman–Crippen MR) is 231 cm³/mol. The van der Waals surface area contributed by atoms with Crippen molar-refractivity contribution < 1.29 is 0 Å². The Bertz CT molecular complexity index is 2340. The number of nitrogens with zero attached hydrogens (tertiary/aromatic N) is 4. The molecule has 0 atom stereocenters. The molecular weight excluding hydrogens is 681 g/mol. The second-order valence-electron chi connectivity index (χ2n) is 13.9. The lowest BCUT2D eigenvalue weighted by atomic mass is 9.79. The Labute approximate surface area is 327 Å². The van der Waals surface area contributed by atoms with Crippen LogP contribution in [-0.2, 0) is 0 Å². The van der Waals surface area contributed by atoms with Crippen LogP contribution in [0.5, 0.6) is 0 Å². The molecule has 0 spiro atoms. The van der Waals surface area contributed by atoms with E-state index in [0.717, 1.165) is 101 Å². The largest absolute Gasteiger partial charge is 0.256 e. The van der Waals surface area contributed by atoms with Crippen LogP contribution in [0.4, 0.5) is 0 Å². The fourth-order valence-corrected chi connectivity index (χ4v) is 7.73. The smallest absolute Gasteiger partial charge is 0.0702 e. The zero-order valence-electron chi connectivity index (χ0n) is 31.3. The molecule has 4 heterocycles. The first-order chi connectivity index (χ1) is 27.6. The van der Waals surface area contributed by atoms with Crippen molar-refractivity contribution in [3.05, 3.63) is 206 Å². The number of aromatic nitrogens is 4. The molecule has 0 aliphatic carbocycles. The van der Waals surface area contributed by atoms with Crippen LogP contribution in [0.25, 0.3) is 89.5 Å². The summed E-state index contributed by atoms with van der Waals surface area (Å²) in [4.78, 5) is 20.1. The molecule has 4 nitrogen and oxygen atoms in total. The van der Waals surface area contributed by atoms with Gasteiger partial charge in [0.15, 0.2) is 0 Å². The molecule has 4 aromatic heterocycles. The van der Waals surface area contributed by atoms with Gasteiger partial charge < -0.3 is 0 Å². The van der Waals surface area contributed by atoms with Crippen molar-refractivity contribution >= 4 is 0 Å². The summed E-state index contributed by atoms with van der Waals surface area (Å²) < 4.78 is 0. The van der Waals surface area contributed by atoms with Crippen LogP contribution >= 0.6 is 0 Å². The van der Waals surface area contributed by atoms with Gasteiger partial charge in [0, 0.05) is 69.3 Å². The van der Waals surface area contributed by atoms with Crippen LogP contribution in [0.15, 0.2) is 195 Å². The zero-order valence-corrected chi connectivity index (χ0v) is 31.3. The van der Waals surface area contributed by atoms with Gasteiger partial charge in [0.25, 0.3) is 0 Å². The van der Waals surface area contributed by atoms with Gasteiger partial charge in [-0.05, 0) is 71.5 Å². The minimum atomic E-state index is 0.932. The molecule has 0 fully saturated rings. The Balaban J connectivity index is 1.28. The normalized spacial score (nSPS) is 11.0. The van der Waals surface area contributed by atoms with Crippen molar-refractivity contribution in [3.63, 3.8) is 0 Å². The lowest BCUT2D eigenvalue weighted by molar-refractivity contribution is 1.28. The third-order valence-electron chi connectivity index (χ3n) is 10.5. The van der Waals surface area contributed by atoms with Gasteiger partial charge in [0.05, 0.1) is 22.8 Å². The highest BCUT2D eigenvalue weighted by Gasteiger charge is 2.25. The van der Waals surface area contributed by atoms with E-state index in [2.05, 4.69) is 111 Å². The molecule has 9 aromatic rings. The molecular formula is C52H38N4. The Kier molecular flexibility index (Phi) is 9.36. The first-order valence-corrected chi connectivity index (χ1v) is 18.9. The Morgan fingerprint density at radius 2 is 0.446 bits per heavy atom. The van der Waals surface area contributed by atoms with Gasteiger partial charge in [-0.1, -0.05) is 146 Å². The van der Waals surface area contributed by atoms with Gasteiger partial charge in [0.1, 0.15) is 0 Å². The van der Waals surface area contributed by atoms with Crippen molar-refractivity contribution in [3.8, 4) is 89.5 Å². The number of rotatable bonds is 8. The van der Waals surface area contributed by atoms with Crippen LogP contribution in [-0.4, -0.2) is 19.9 Å². The summed E-state index contributed by atoms with van der Waals surface area (Å²) in [5, 5.41) is 0. The summed E-state index contributed by atoms with van der Waals surface area (Å²) in [5.41, 5.74) is 18.9. The summed E-state index contributed by atoms with van der Waals surface area (Å²) in [6.45, 7) is 4.45. The number of hydrogen-bond donors (Lipinski definition) is 0. The maximum Gasteiger partial charge on any atom is 0.0702 e. The van der Waals surface area contributed by atoms with Gasteiger partial charge >= 0.3 is 0 Å². The van der Waals surface area contributed by atoms with Crippen molar-refractivity contribution in [2.75, 3.05) is 0 Å². The van der Waals surface area contributed by atoms with E-state index in [9.17, 15) is 0 Å². The molecule has 0 radical (unpaired) electrons. The van der Waals surface area contributed by atoms with Gasteiger partial charge in [-0.3, -0.25) is 19.9 Å². The van der Waals surface area contributed by atoms with Crippen LogP contribution in [0.1, 0.15) is 11.1 Å². The predicted octanol–water partition coefficient (Wildman–Crippen LogP) is 13.2. The SMILES string of the molecule is Cc1c(-c2ccc(-c3ccccc3)nc2)c(-c2ccc(-c3ccccc3)nc2)c(C)c(-c2ccc(-c3ccccc3)nc2)c1-c1ccc(-c2ccccc2)nc1. The molecule has 9 rings (SSSR count). The highest BCUT2D eigenvalue weighted by Crippen LogP contribution is 2.48. The molecule has 0 aliphatic rings. The molecule has 5 aromatic carbocycles. The second kappa shape index (κ2) is 15.2.